The quantitative estimate of drug-likeness (QED) is 0.520. The van der Waals surface area contributed by atoms with Gasteiger partial charge in [-0.05, 0) is 18.1 Å². The molecule has 0 aliphatic heterocycles. The van der Waals surface area contributed by atoms with Gasteiger partial charge in [0.25, 0.3) is 0 Å². The average Bonchev–Trinajstić information content (AvgIpc) is 2.27. The lowest BCUT2D eigenvalue weighted by molar-refractivity contribution is 0.0594. The van der Waals surface area contributed by atoms with Gasteiger partial charge in [-0.15, -0.1) is 0 Å². The zero-order valence-corrected chi connectivity index (χ0v) is 8.50. The molecule has 0 atom stereocenters. The van der Waals surface area contributed by atoms with Crippen LogP contribution in [0.25, 0.3) is 0 Å². The number of rotatable bonds is 1. The van der Waals surface area contributed by atoms with Crippen LogP contribution >= 0.6 is 0 Å². The summed E-state index contributed by atoms with van der Waals surface area (Å²) in [5.74, 6) is 4.08. The molecule has 1 rings (SSSR count). The van der Waals surface area contributed by atoms with Gasteiger partial charge in [-0.1, -0.05) is 12.8 Å². The third kappa shape index (κ3) is 2.78. The molecule has 15 heavy (non-hydrogen) atoms. The van der Waals surface area contributed by atoms with Crippen molar-refractivity contribution in [1.29, 1.82) is 0 Å². The van der Waals surface area contributed by atoms with Gasteiger partial charge < -0.3 is 4.74 Å². The number of methoxy groups -OCH3 is 1. The summed E-state index contributed by atoms with van der Waals surface area (Å²) in [5.41, 5.74) is 0.0269. The van der Waals surface area contributed by atoms with Gasteiger partial charge in [-0.3, -0.25) is 0 Å². The van der Waals surface area contributed by atoms with Crippen molar-refractivity contribution >= 4 is 5.97 Å². The zero-order chi connectivity index (χ0) is 11.3. The second kappa shape index (κ2) is 5.11. The van der Waals surface area contributed by atoms with Crippen LogP contribution in [0, 0.1) is 17.7 Å². The molecule has 1 aromatic heterocycles. The Morgan fingerprint density at radius 2 is 2.33 bits per heavy atom. The number of hydrogen-bond acceptors (Lipinski definition) is 3. The number of halogens is 1. The standard InChI is InChI=1S/C11H10FNO2/c1-3-4-5-9-8(12)6-7-10(13-9)11(14)15-2/h6-7H,3H2,1-2H3. The number of pyridine rings is 1. The average molecular weight is 207 g/mol. The predicted octanol–water partition coefficient (Wildman–Crippen LogP) is 1.77. The molecule has 0 fully saturated rings. The lowest BCUT2D eigenvalue weighted by atomic mass is 10.3. The third-order valence-corrected chi connectivity index (χ3v) is 1.62. The fourth-order valence-corrected chi connectivity index (χ4v) is 0.920. The Morgan fingerprint density at radius 3 is 2.93 bits per heavy atom. The Hall–Kier alpha value is -1.89. The first-order chi connectivity index (χ1) is 7.19. The number of hydrogen-bond donors (Lipinski definition) is 0. The molecule has 0 unspecified atom stereocenters. The number of ether oxygens (including phenoxy) is 1. The fraction of sp³-hybridized carbons (Fsp3) is 0.273. The van der Waals surface area contributed by atoms with Crippen LogP contribution < -0.4 is 0 Å². The maximum atomic E-state index is 13.1. The molecule has 3 nitrogen and oxygen atoms in total. The molecule has 4 heteroatoms. The van der Waals surface area contributed by atoms with E-state index in [0.717, 1.165) is 6.07 Å². The second-order valence-corrected chi connectivity index (χ2v) is 2.67. The largest absolute Gasteiger partial charge is 0.464 e. The van der Waals surface area contributed by atoms with E-state index in [1.54, 1.807) is 0 Å². The first-order valence-corrected chi connectivity index (χ1v) is 4.42. The lowest BCUT2D eigenvalue weighted by Crippen LogP contribution is -2.06. The number of nitrogens with zero attached hydrogens (tertiary/aromatic N) is 1. The second-order valence-electron chi connectivity index (χ2n) is 2.67. The Labute approximate surface area is 87.3 Å². The van der Waals surface area contributed by atoms with E-state index in [-0.39, 0.29) is 11.4 Å². The number of aromatic nitrogens is 1. The highest BCUT2D eigenvalue weighted by atomic mass is 19.1. The van der Waals surface area contributed by atoms with Crippen LogP contribution in [0.3, 0.4) is 0 Å². The first-order valence-electron chi connectivity index (χ1n) is 4.42. The van der Waals surface area contributed by atoms with Crippen LogP contribution in [0.4, 0.5) is 4.39 Å². The normalized spacial score (nSPS) is 9.00. The highest BCUT2D eigenvalue weighted by Gasteiger charge is 2.09. The molecule has 0 aliphatic carbocycles. The van der Waals surface area contributed by atoms with Crippen LogP contribution in [0.15, 0.2) is 12.1 Å². The summed E-state index contributed by atoms with van der Waals surface area (Å²) in [5, 5.41) is 0. The highest BCUT2D eigenvalue weighted by Crippen LogP contribution is 2.05. The van der Waals surface area contributed by atoms with E-state index >= 15 is 0 Å². The summed E-state index contributed by atoms with van der Waals surface area (Å²) >= 11 is 0. The minimum atomic E-state index is -0.602. The monoisotopic (exact) mass is 207 g/mol. The van der Waals surface area contributed by atoms with E-state index in [1.165, 1.54) is 13.2 Å². The van der Waals surface area contributed by atoms with E-state index in [1.807, 2.05) is 6.92 Å². The van der Waals surface area contributed by atoms with E-state index in [0.29, 0.717) is 6.42 Å². The maximum Gasteiger partial charge on any atom is 0.356 e. The Kier molecular flexibility index (Phi) is 3.81. The van der Waals surface area contributed by atoms with Gasteiger partial charge in [-0.2, -0.15) is 0 Å². The van der Waals surface area contributed by atoms with E-state index < -0.39 is 11.8 Å². The van der Waals surface area contributed by atoms with E-state index in [4.69, 9.17) is 0 Å². The van der Waals surface area contributed by atoms with E-state index in [2.05, 4.69) is 21.6 Å². The Balaban J connectivity index is 3.10. The molecule has 78 valence electrons. The minimum absolute atomic E-state index is 0.0280. The van der Waals surface area contributed by atoms with Crippen molar-refractivity contribution in [1.82, 2.24) is 4.98 Å². The van der Waals surface area contributed by atoms with Gasteiger partial charge in [0.1, 0.15) is 11.4 Å². The molecule has 0 spiro atoms. The molecule has 0 amide bonds. The molecular formula is C11H10FNO2. The van der Waals surface area contributed by atoms with Crippen molar-refractivity contribution in [2.24, 2.45) is 0 Å². The van der Waals surface area contributed by atoms with Crippen LogP contribution in [0.1, 0.15) is 29.5 Å². The van der Waals surface area contributed by atoms with Crippen LogP contribution in [0.5, 0.6) is 0 Å². The molecule has 0 saturated carbocycles. The molecule has 0 aromatic carbocycles. The molecule has 0 aliphatic rings. The van der Waals surface area contributed by atoms with Gasteiger partial charge in [0, 0.05) is 6.42 Å². The highest BCUT2D eigenvalue weighted by molar-refractivity contribution is 5.87. The SMILES string of the molecule is CCC#Cc1nc(C(=O)OC)ccc1F. The van der Waals surface area contributed by atoms with Crippen molar-refractivity contribution in [2.75, 3.05) is 7.11 Å². The maximum absolute atomic E-state index is 13.1. The van der Waals surface area contributed by atoms with Crippen LogP contribution in [0.2, 0.25) is 0 Å². The van der Waals surface area contributed by atoms with Gasteiger partial charge in [0.2, 0.25) is 0 Å². The van der Waals surface area contributed by atoms with Gasteiger partial charge in [0.15, 0.2) is 5.82 Å². The molecule has 0 N–H and O–H groups in total. The third-order valence-electron chi connectivity index (χ3n) is 1.62. The molecule has 0 bridgehead atoms. The predicted molar refractivity (Wildman–Crippen MR) is 52.7 cm³/mol. The molecule has 0 saturated heterocycles. The summed E-state index contributed by atoms with van der Waals surface area (Å²) in [4.78, 5) is 14.9. The number of esters is 1. The molecule has 1 aromatic rings. The summed E-state index contributed by atoms with van der Waals surface area (Å²) in [6.45, 7) is 1.84. The van der Waals surface area contributed by atoms with Crippen molar-refractivity contribution in [3.8, 4) is 11.8 Å². The van der Waals surface area contributed by atoms with Crippen molar-refractivity contribution in [2.45, 2.75) is 13.3 Å². The fourth-order valence-electron chi connectivity index (χ4n) is 0.920. The molecular weight excluding hydrogens is 197 g/mol. The Morgan fingerprint density at radius 1 is 1.60 bits per heavy atom. The smallest absolute Gasteiger partial charge is 0.356 e. The summed E-state index contributed by atoms with van der Waals surface area (Å²) < 4.78 is 17.6. The van der Waals surface area contributed by atoms with Crippen LogP contribution in [-0.4, -0.2) is 18.1 Å². The number of carbonyl (C=O) groups excluding carboxylic acids is 1. The van der Waals surface area contributed by atoms with Gasteiger partial charge in [-0.25, -0.2) is 14.2 Å². The zero-order valence-electron chi connectivity index (χ0n) is 8.50. The van der Waals surface area contributed by atoms with Gasteiger partial charge >= 0.3 is 5.97 Å². The lowest BCUT2D eigenvalue weighted by Gasteiger charge is -1.99. The summed E-state index contributed by atoms with van der Waals surface area (Å²) in [6, 6.07) is 2.41. The minimum Gasteiger partial charge on any atom is -0.464 e. The topological polar surface area (TPSA) is 39.2 Å². The first kappa shape index (κ1) is 11.2. The number of carbonyl (C=O) groups is 1. The van der Waals surface area contributed by atoms with Crippen molar-refractivity contribution in [3.05, 3.63) is 29.3 Å². The Bertz CT molecular complexity index is 432. The van der Waals surface area contributed by atoms with Crippen molar-refractivity contribution in [3.63, 3.8) is 0 Å². The van der Waals surface area contributed by atoms with Crippen LogP contribution in [-0.2, 0) is 4.74 Å². The van der Waals surface area contributed by atoms with Gasteiger partial charge in [0.05, 0.1) is 7.11 Å². The summed E-state index contributed by atoms with van der Waals surface area (Å²) in [7, 11) is 1.24. The summed E-state index contributed by atoms with van der Waals surface area (Å²) in [6.07, 6.45) is 0.601. The van der Waals surface area contributed by atoms with Crippen molar-refractivity contribution < 1.29 is 13.9 Å². The molecule has 0 radical (unpaired) electrons. The van der Waals surface area contributed by atoms with E-state index in [9.17, 15) is 9.18 Å². The molecule has 1 heterocycles.